The summed E-state index contributed by atoms with van der Waals surface area (Å²) in [5.41, 5.74) is 1.38. The minimum atomic E-state index is 0.326. The smallest absolute Gasteiger partial charge is 0.225 e. The lowest BCUT2D eigenvalue weighted by molar-refractivity contribution is 0.386. The molecule has 4 rings (SSSR count). The molecule has 0 bridgehead atoms. The van der Waals surface area contributed by atoms with Gasteiger partial charge in [0.25, 0.3) is 0 Å². The lowest BCUT2D eigenvalue weighted by Crippen LogP contribution is -2.49. The third-order valence-corrected chi connectivity index (χ3v) is 4.98. The summed E-state index contributed by atoms with van der Waals surface area (Å²) in [6, 6.07) is 4.40. The summed E-state index contributed by atoms with van der Waals surface area (Å²) >= 11 is 0. The maximum Gasteiger partial charge on any atom is 0.225 e. The van der Waals surface area contributed by atoms with Crippen LogP contribution in [0.5, 0.6) is 0 Å². The van der Waals surface area contributed by atoms with Gasteiger partial charge in [-0.2, -0.15) is 5.26 Å². The van der Waals surface area contributed by atoms with Crippen LogP contribution in [-0.4, -0.2) is 45.6 Å². The lowest BCUT2D eigenvalue weighted by atomic mass is 9.92. The van der Waals surface area contributed by atoms with Gasteiger partial charge >= 0.3 is 0 Å². The predicted octanol–water partition coefficient (Wildman–Crippen LogP) is 1.55. The Labute approximate surface area is 141 Å². The molecule has 2 aromatic heterocycles. The summed E-state index contributed by atoms with van der Waals surface area (Å²) < 4.78 is 0. The van der Waals surface area contributed by atoms with E-state index >= 15 is 0 Å². The zero-order valence-electron chi connectivity index (χ0n) is 13.6. The highest BCUT2D eigenvalue weighted by Crippen LogP contribution is 2.35. The number of nitriles is 1. The summed E-state index contributed by atoms with van der Waals surface area (Å²) in [5, 5.41) is 9.33. The molecule has 2 atom stereocenters. The second-order valence-electron chi connectivity index (χ2n) is 6.38. The molecule has 4 heterocycles. The first-order chi connectivity index (χ1) is 11.8. The zero-order valence-corrected chi connectivity index (χ0v) is 13.6. The van der Waals surface area contributed by atoms with Gasteiger partial charge < -0.3 is 9.80 Å². The van der Waals surface area contributed by atoms with Crippen molar-refractivity contribution in [1.29, 1.82) is 5.26 Å². The second-order valence-corrected chi connectivity index (χ2v) is 6.38. The van der Waals surface area contributed by atoms with Gasteiger partial charge in [-0.25, -0.2) is 19.9 Å². The highest BCUT2D eigenvalue weighted by Gasteiger charge is 2.40. The maximum absolute atomic E-state index is 9.33. The van der Waals surface area contributed by atoms with Crippen LogP contribution in [0.15, 0.2) is 24.7 Å². The zero-order chi connectivity index (χ0) is 16.5. The van der Waals surface area contributed by atoms with Crippen molar-refractivity contribution in [3.05, 3.63) is 36.0 Å². The summed E-state index contributed by atoms with van der Waals surface area (Å²) in [4.78, 5) is 22.1. The average molecular weight is 321 g/mol. The van der Waals surface area contributed by atoms with E-state index in [1.807, 2.05) is 19.2 Å². The summed E-state index contributed by atoms with van der Waals surface area (Å²) in [6.45, 7) is 4.74. The van der Waals surface area contributed by atoms with Crippen LogP contribution in [0.1, 0.15) is 24.2 Å². The molecular weight excluding hydrogens is 302 g/mol. The molecule has 0 aromatic carbocycles. The van der Waals surface area contributed by atoms with Crippen molar-refractivity contribution in [3.63, 3.8) is 0 Å². The van der Waals surface area contributed by atoms with Crippen LogP contribution in [0.2, 0.25) is 0 Å². The maximum atomic E-state index is 9.33. The highest BCUT2D eigenvalue weighted by molar-refractivity contribution is 5.52. The van der Waals surface area contributed by atoms with Crippen molar-refractivity contribution in [1.82, 2.24) is 19.9 Å². The van der Waals surface area contributed by atoms with E-state index < -0.39 is 0 Å². The Morgan fingerprint density at radius 2 is 1.96 bits per heavy atom. The normalized spacial score (nSPS) is 23.0. The Bertz CT molecular complexity index is 785. The van der Waals surface area contributed by atoms with E-state index in [2.05, 4.69) is 35.8 Å². The van der Waals surface area contributed by atoms with E-state index in [0.717, 1.165) is 44.1 Å². The highest BCUT2D eigenvalue weighted by atomic mass is 15.3. The monoisotopic (exact) mass is 321 g/mol. The molecule has 7 heteroatoms. The number of hydrogen-bond acceptors (Lipinski definition) is 7. The molecule has 0 saturated carbocycles. The standard InChI is InChI=1S/C17H19N7/c1-12-2-5-21-17(22-12)23-8-3-13-4-9-24(15(13)11-23)16-14(10-18)19-6-7-20-16/h2,5-7,13,15H,3-4,8-9,11H2,1H3. The van der Waals surface area contributed by atoms with E-state index in [1.165, 1.54) is 0 Å². The third-order valence-electron chi connectivity index (χ3n) is 4.98. The number of nitrogens with zero attached hydrogens (tertiary/aromatic N) is 7. The summed E-state index contributed by atoms with van der Waals surface area (Å²) in [6.07, 6.45) is 7.29. The quantitative estimate of drug-likeness (QED) is 0.830. The van der Waals surface area contributed by atoms with Crippen LogP contribution in [-0.2, 0) is 0 Å². The van der Waals surface area contributed by atoms with Crippen LogP contribution in [0, 0.1) is 24.2 Å². The van der Waals surface area contributed by atoms with E-state index in [-0.39, 0.29) is 0 Å². The fourth-order valence-electron chi connectivity index (χ4n) is 3.79. The molecule has 2 aliphatic rings. The molecule has 2 aromatic rings. The van der Waals surface area contributed by atoms with Gasteiger partial charge in [-0.1, -0.05) is 0 Å². The van der Waals surface area contributed by atoms with Gasteiger partial charge in [-0.15, -0.1) is 0 Å². The topological polar surface area (TPSA) is 81.8 Å². The molecule has 0 radical (unpaired) electrons. The number of aromatic nitrogens is 4. The minimum Gasteiger partial charge on any atom is -0.349 e. The number of rotatable bonds is 2. The molecule has 2 unspecified atom stereocenters. The first-order valence-corrected chi connectivity index (χ1v) is 8.28. The molecule has 2 saturated heterocycles. The predicted molar refractivity (Wildman–Crippen MR) is 89.6 cm³/mol. The molecule has 24 heavy (non-hydrogen) atoms. The molecule has 7 nitrogen and oxygen atoms in total. The SMILES string of the molecule is Cc1ccnc(N2CCC3CCN(c4nccnc4C#N)C3C2)n1. The van der Waals surface area contributed by atoms with Crippen LogP contribution in [0.4, 0.5) is 11.8 Å². The average Bonchev–Trinajstić information content (AvgIpc) is 3.04. The molecule has 2 fully saturated rings. The van der Waals surface area contributed by atoms with Crippen LogP contribution in [0.25, 0.3) is 0 Å². The van der Waals surface area contributed by atoms with Gasteiger partial charge in [0.2, 0.25) is 5.95 Å². The Morgan fingerprint density at radius 3 is 2.79 bits per heavy atom. The number of anilines is 2. The van der Waals surface area contributed by atoms with Gasteiger partial charge in [0, 0.05) is 43.9 Å². The van der Waals surface area contributed by atoms with Crippen molar-refractivity contribution in [2.24, 2.45) is 5.92 Å². The van der Waals surface area contributed by atoms with Crippen molar-refractivity contribution >= 4 is 11.8 Å². The van der Waals surface area contributed by atoms with Gasteiger partial charge in [0.1, 0.15) is 6.07 Å². The molecular formula is C17H19N7. The largest absolute Gasteiger partial charge is 0.349 e. The summed E-state index contributed by atoms with van der Waals surface area (Å²) in [7, 11) is 0. The molecule has 122 valence electrons. The first kappa shape index (κ1) is 14.8. The van der Waals surface area contributed by atoms with Crippen LogP contribution >= 0.6 is 0 Å². The number of hydrogen-bond donors (Lipinski definition) is 0. The number of aryl methyl sites for hydroxylation is 1. The van der Waals surface area contributed by atoms with E-state index in [4.69, 9.17) is 0 Å². The van der Waals surface area contributed by atoms with Gasteiger partial charge in [-0.3, -0.25) is 0 Å². The Kier molecular flexibility index (Phi) is 3.73. The second kappa shape index (κ2) is 6.04. The van der Waals surface area contributed by atoms with Gasteiger partial charge in [0.05, 0.1) is 6.04 Å². The van der Waals surface area contributed by atoms with E-state index in [9.17, 15) is 5.26 Å². The summed E-state index contributed by atoms with van der Waals surface area (Å²) in [5.74, 6) is 2.12. The fraction of sp³-hybridized carbons (Fsp3) is 0.471. The number of fused-ring (bicyclic) bond motifs is 1. The van der Waals surface area contributed by atoms with E-state index in [0.29, 0.717) is 23.5 Å². The first-order valence-electron chi connectivity index (χ1n) is 8.28. The van der Waals surface area contributed by atoms with Crippen LogP contribution in [0.3, 0.4) is 0 Å². The van der Waals surface area contributed by atoms with Gasteiger partial charge in [-0.05, 0) is 31.7 Å². The van der Waals surface area contributed by atoms with Crippen molar-refractivity contribution in [2.45, 2.75) is 25.8 Å². The molecule has 2 aliphatic heterocycles. The fourth-order valence-corrected chi connectivity index (χ4v) is 3.79. The van der Waals surface area contributed by atoms with Crippen molar-refractivity contribution < 1.29 is 0 Å². The van der Waals surface area contributed by atoms with E-state index in [1.54, 1.807) is 12.4 Å². The Hall–Kier alpha value is -2.75. The lowest BCUT2D eigenvalue weighted by Gasteiger charge is -2.38. The molecule has 0 spiro atoms. The minimum absolute atomic E-state index is 0.326. The molecule has 0 N–H and O–H groups in total. The number of piperidine rings is 1. The third kappa shape index (κ3) is 2.54. The molecule has 0 amide bonds. The Morgan fingerprint density at radius 1 is 1.12 bits per heavy atom. The van der Waals surface area contributed by atoms with Gasteiger partial charge in [0.15, 0.2) is 11.5 Å². The molecule has 0 aliphatic carbocycles. The van der Waals surface area contributed by atoms with Crippen molar-refractivity contribution in [3.8, 4) is 6.07 Å². The van der Waals surface area contributed by atoms with Crippen molar-refractivity contribution in [2.75, 3.05) is 29.4 Å². The Balaban J connectivity index is 1.61. The van der Waals surface area contributed by atoms with Crippen LogP contribution < -0.4 is 9.80 Å².